The zero-order valence-electron chi connectivity index (χ0n) is 13.5. The number of carboxylic acid groups (broad SMARTS) is 1. The summed E-state index contributed by atoms with van der Waals surface area (Å²) in [5, 5.41) is 9.08. The molecule has 0 bridgehead atoms. The molecule has 0 spiro atoms. The van der Waals surface area contributed by atoms with Crippen molar-refractivity contribution in [3.05, 3.63) is 35.4 Å². The molecule has 2 aliphatic rings. The van der Waals surface area contributed by atoms with Crippen LogP contribution < -0.4 is 0 Å². The molecule has 1 atom stereocenters. The van der Waals surface area contributed by atoms with E-state index in [4.69, 9.17) is 14.6 Å². The van der Waals surface area contributed by atoms with E-state index in [0.717, 1.165) is 12.1 Å². The van der Waals surface area contributed by atoms with Gasteiger partial charge in [-0.3, -0.25) is 9.69 Å². The lowest BCUT2D eigenvalue weighted by Gasteiger charge is -2.36. The van der Waals surface area contributed by atoms with Crippen LogP contribution in [-0.2, 0) is 20.8 Å². The number of aromatic carboxylic acids is 1. The van der Waals surface area contributed by atoms with Crippen LogP contribution in [0.1, 0.15) is 15.9 Å². The van der Waals surface area contributed by atoms with Crippen molar-refractivity contribution in [2.75, 3.05) is 46.0 Å². The molecule has 130 valence electrons. The smallest absolute Gasteiger partial charge is 0.335 e. The number of carbonyl (C=O) groups excluding carboxylic acids is 1. The van der Waals surface area contributed by atoms with Gasteiger partial charge in [0, 0.05) is 32.7 Å². The standard InChI is InChI=1S/C17H22N2O5/c20-16(19-5-7-23-8-6-19)15-12-18(4-9-24-15)11-13-2-1-3-14(10-13)17(21)22/h1-3,10,15H,4-9,11-12H2,(H,21,22). The van der Waals surface area contributed by atoms with E-state index in [0.29, 0.717) is 46.0 Å². The molecule has 2 heterocycles. The van der Waals surface area contributed by atoms with Crippen molar-refractivity contribution >= 4 is 11.9 Å². The lowest BCUT2D eigenvalue weighted by molar-refractivity contribution is -0.153. The lowest BCUT2D eigenvalue weighted by atomic mass is 10.1. The van der Waals surface area contributed by atoms with Crippen molar-refractivity contribution in [3.8, 4) is 0 Å². The molecule has 0 saturated carbocycles. The second-order valence-corrected chi connectivity index (χ2v) is 6.04. The van der Waals surface area contributed by atoms with E-state index in [1.54, 1.807) is 23.1 Å². The van der Waals surface area contributed by atoms with E-state index < -0.39 is 12.1 Å². The van der Waals surface area contributed by atoms with Crippen molar-refractivity contribution in [2.24, 2.45) is 0 Å². The molecule has 2 fully saturated rings. The average Bonchev–Trinajstić information content (AvgIpc) is 2.62. The molecule has 2 saturated heterocycles. The molecule has 24 heavy (non-hydrogen) atoms. The van der Waals surface area contributed by atoms with Gasteiger partial charge < -0.3 is 19.5 Å². The zero-order chi connectivity index (χ0) is 16.9. The summed E-state index contributed by atoms with van der Waals surface area (Å²) < 4.78 is 10.9. The number of ether oxygens (including phenoxy) is 2. The molecule has 1 aromatic rings. The van der Waals surface area contributed by atoms with Crippen LogP contribution in [-0.4, -0.2) is 78.9 Å². The van der Waals surface area contributed by atoms with Gasteiger partial charge in [-0.1, -0.05) is 12.1 Å². The van der Waals surface area contributed by atoms with Gasteiger partial charge in [-0.05, 0) is 17.7 Å². The summed E-state index contributed by atoms with van der Waals surface area (Å²) >= 11 is 0. The molecular weight excluding hydrogens is 312 g/mol. The molecule has 1 amide bonds. The predicted octanol–water partition coefficient (Wildman–Crippen LogP) is 0.444. The van der Waals surface area contributed by atoms with E-state index in [1.807, 2.05) is 6.07 Å². The fourth-order valence-electron chi connectivity index (χ4n) is 3.04. The van der Waals surface area contributed by atoms with Gasteiger partial charge in [0.25, 0.3) is 5.91 Å². The molecule has 1 unspecified atom stereocenters. The van der Waals surface area contributed by atoms with Gasteiger partial charge in [0.2, 0.25) is 0 Å². The first-order valence-corrected chi connectivity index (χ1v) is 8.16. The summed E-state index contributed by atoms with van der Waals surface area (Å²) in [5.74, 6) is -0.915. The maximum absolute atomic E-state index is 12.5. The number of nitrogens with zero attached hydrogens (tertiary/aromatic N) is 2. The minimum Gasteiger partial charge on any atom is -0.478 e. The fraction of sp³-hybridized carbons (Fsp3) is 0.529. The maximum atomic E-state index is 12.5. The van der Waals surface area contributed by atoms with Crippen molar-refractivity contribution in [1.82, 2.24) is 9.80 Å². The van der Waals surface area contributed by atoms with Gasteiger partial charge in [-0.15, -0.1) is 0 Å². The van der Waals surface area contributed by atoms with Crippen molar-refractivity contribution in [2.45, 2.75) is 12.6 Å². The Bertz CT molecular complexity index is 600. The van der Waals surface area contributed by atoms with Crippen LogP contribution in [0.4, 0.5) is 0 Å². The Morgan fingerprint density at radius 2 is 1.96 bits per heavy atom. The number of carbonyl (C=O) groups is 2. The van der Waals surface area contributed by atoms with Gasteiger partial charge >= 0.3 is 5.97 Å². The highest BCUT2D eigenvalue weighted by Crippen LogP contribution is 2.14. The third-order valence-electron chi connectivity index (χ3n) is 4.33. The first kappa shape index (κ1) is 16.9. The van der Waals surface area contributed by atoms with E-state index in [2.05, 4.69) is 4.90 Å². The van der Waals surface area contributed by atoms with Gasteiger partial charge in [-0.2, -0.15) is 0 Å². The molecule has 0 aliphatic carbocycles. The summed E-state index contributed by atoms with van der Waals surface area (Å²) in [6.45, 7) is 4.72. The normalized spacial score (nSPS) is 22.3. The van der Waals surface area contributed by atoms with Crippen molar-refractivity contribution in [1.29, 1.82) is 0 Å². The first-order chi connectivity index (χ1) is 11.6. The van der Waals surface area contributed by atoms with Gasteiger partial charge in [0.15, 0.2) is 0 Å². The summed E-state index contributed by atoms with van der Waals surface area (Å²) in [6.07, 6.45) is -0.459. The maximum Gasteiger partial charge on any atom is 0.335 e. The third kappa shape index (κ3) is 4.11. The van der Waals surface area contributed by atoms with Crippen LogP contribution >= 0.6 is 0 Å². The molecule has 0 aromatic heterocycles. The monoisotopic (exact) mass is 334 g/mol. The van der Waals surface area contributed by atoms with Gasteiger partial charge in [-0.25, -0.2) is 4.79 Å². The Kier molecular flexibility index (Phi) is 5.44. The Labute approximate surface area is 140 Å². The first-order valence-electron chi connectivity index (χ1n) is 8.16. The Hall–Kier alpha value is -1.96. The summed E-state index contributed by atoms with van der Waals surface area (Å²) in [7, 11) is 0. The highest BCUT2D eigenvalue weighted by atomic mass is 16.5. The SMILES string of the molecule is O=C(O)c1cccc(CN2CCOC(C(=O)N3CCOCC3)C2)c1. The predicted molar refractivity (Wildman–Crippen MR) is 85.8 cm³/mol. The Balaban J connectivity index is 1.60. The lowest BCUT2D eigenvalue weighted by Crippen LogP contribution is -2.53. The minimum atomic E-state index is -0.931. The van der Waals surface area contributed by atoms with Crippen LogP contribution in [0.2, 0.25) is 0 Å². The largest absolute Gasteiger partial charge is 0.478 e. The van der Waals surface area contributed by atoms with E-state index in [-0.39, 0.29) is 11.5 Å². The Morgan fingerprint density at radius 3 is 2.71 bits per heavy atom. The summed E-state index contributed by atoms with van der Waals surface area (Å²) in [5.41, 5.74) is 1.20. The number of amides is 1. The molecule has 3 rings (SSSR count). The molecule has 1 aromatic carbocycles. The highest BCUT2D eigenvalue weighted by Gasteiger charge is 2.31. The third-order valence-corrected chi connectivity index (χ3v) is 4.33. The molecule has 7 nitrogen and oxygen atoms in total. The number of benzene rings is 1. The van der Waals surface area contributed by atoms with Crippen LogP contribution in [0.5, 0.6) is 0 Å². The molecular formula is C17H22N2O5. The van der Waals surface area contributed by atoms with Crippen LogP contribution in [0.15, 0.2) is 24.3 Å². The van der Waals surface area contributed by atoms with Crippen molar-refractivity contribution in [3.63, 3.8) is 0 Å². The topological polar surface area (TPSA) is 79.3 Å². The second kappa shape index (κ2) is 7.74. The highest BCUT2D eigenvalue weighted by molar-refractivity contribution is 5.87. The fourth-order valence-corrected chi connectivity index (χ4v) is 3.04. The van der Waals surface area contributed by atoms with Gasteiger partial charge in [0.05, 0.1) is 25.4 Å². The number of hydrogen-bond acceptors (Lipinski definition) is 5. The average molecular weight is 334 g/mol. The second-order valence-electron chi connectivity index (χ2n) is 6.04. The number of carboxylic acids is 1. The number of morpholine rings is 2. The van der Waals surface area contributed by atoms with E-state index in [1.165, 1.54) is 0 Å². The van der Waals surface area contributed by atoms with E-state index in [9.17, 15) is 9.59 Å². The number of rotatable bonds is 4. The van der Waals surface area contributed by atoms with Crippen LogP contribution in [0.3, 0.4) is 0 Å². The summed E-state index contributed by atoms with van der Waals surface area (Å²) in [6, 6.07) is 6.91. The van der Waals surface area contributed by atoms with Crippen molar-refractivity contribution < 1.29 is 24.2 Å². The van der Waals surface area contributed by atoms with Gasteiger partial charge in [0.1, 0.15) is 6.10 Å². The minimum absolute atomic E-state index is 0.0160. The Morgan fingerprint density at radius 1 is 1.17 bits per heavy atom. The molecule has 1 N–H and O–H groups in total. The molecule has 0 radical (unpaired) electrons. The number of hydrogen-bond donors (Lipinski definition) is 1. The molecule has 7 heteroatoms. The quantitative estimate of drug-likeness (QED) is 0.861. The summed E-state index contributed by atoms with van der Waals surface area (Å²) in [4.78, 5) is 27.5. The van der Waals surface area contributed by atoms with Crippen LogP contribution in [0, 0.1) is 0 Å². The molecule has 2 aliphatic heterocycles. The zero-order valence-corrected chi connectivity index (χ0v) is 13.5. The van der Waals surface area contributed by atoms with Crippen LogP contribution in [0.25, 0.3) is 0 Å². The van der Waals surface area contributed by atoms with E-state index >= 15 is 0 Å².